The first-order valence-corrected chi connectivity index (χ1v) is 6.66. The Bertz CT molecular complexity index is 402. The Kier molecular flexibility index (Phi) is 7.14. The Morgan fingerprint density at radius 1 is 1.39 bits per heavy atom. The van der Waals surface area contributed by atoms with Crippen LogP contribution in [0, 0.1) is 9.39 Å². The summed E-state index contributed by atoms with van der Waals surface area (Å²) in [6, 6.07) is 4.17. The summed E-state index contributed by atoms with van der Waals surface area (Å²) in [5.74, 6) is -0.661. The number of benzene rings is 1. The fourth-order valence-electron chi connectivity index (χ4n) is 1.33. The van der Waals surface area contributed by atoms with E-state index in [9.17, 15) is 9.18 Å². The quantitative estimate of drug-likeness (QED) is 0.567. The molecule has 0 unspecified atom stereocenters. The highest BCUT2D eigenvalue weighted by atomic mass is 127. The summed E-state index contributed by atoms with van der Waals surface area (Å²) in [5, 5.41) is 5.83. The van der Waals surface area contributed by atoms with Gasteiger partial charge in [-0.25, -0.2) is 4.39 Å². The van der Waals surface area contributed by atoms with E-state index in [0.29, 0.717) is 25.3 Å². The molecule has 1 amide bonds. The zero-order valence-corrected chi connectivity index (χ0v) is 12.3. The van der Waals surface area contributed by atoms with Crippen LogP contribution in [0.4, 0.5) is 4.39 Å². The Morgan fingerprint density at radius 3 is 2.89 bits per heavy atom. The number of hydrogen-bond acceptors (Lipinski definition) is 3. The molecule has 2 N–H and O–H groups in total. The zero-order valence-electron chi connectivity index (χ0n) is 10.1. The van der Waals surface area contributed by atoms with Crippen molar-refractivity contribution in [1.29, 1.82) is 0 Å². The van der Waals surface area contributed by atoms with E-state index in [-0.39, 0.29) is 5.91 Å². The fourth-order valence-corrected chi connectivity index (χ4v) is 1.91. The molecule has 0 aliphatic rings. The van der Waals surface area contributed by atoms with Gasteiger partial charge in [-0.3, -0.25) is 4.79 Å². The highest BCUT2D eigenvalue weighted by molar-refractivity contribution is 14.1. The minimum Gasteiger partial charge on any atom is -0.383 e. The molecule has 0 aliphatic carbocycles. The number of halogens is 2. The molecule has 18 heavy (non-hydrogen) atoms. The molecule has 0 fully saturated rings. The average Bonchev–Trinajstić information content (AvgIpc) is 2.36. The van der Waals surface area contributed by atoms with Gasteiger partial charge < -0.3 is 15.4 Å². The Balaban J connectivity index is 2.34. The Hall–Kier alpha value is -0.730. The van der Waals surface area contributed by atoms with Crippen molar-refractivity contribution >= 4 is 28.5 Å². The van der Waals surface area contributed by atoms with Crippen molar-refractivity contribution in [1.82, 2.24) is 10.6 Å². The summed E-state index contributed by atoms with van der Waals surface area (Å²) in [6.07, 6.45) is 0. The molecule has 4 nitrogen and oxygen atoms in total. The molecule has 0 radical (unpaired) electrons. The molecule has 0 saturated heterocycles. The highest BCUT2D eigenvalue weighted by Crippen LogP contribution is 2.13. The highest BCUT2D eigenvalue weighted by Gasteiger charge is 2.10. The topological polar surface area (TPSA) is 50.4 Å². The number of carbonyl (C=O) groups excluding carboxylic acids is 1. The molecule has 0 spiro atoms. The summed E-state index contributed by atoms with van der Waals surface area (Å²) in [7, 11) is 1.63. The summed E-state index contributed by atoms with van der Waals surface area (Å²) >= 11 is 2.01. The first-order valence-electron chi connectivity index (χ1n) is 5.58. The molecule has 0 heterocycles. The molecule has 0 aliphatic heterocycles. The van der Waals surface area contributed by atoms with Gasteiger partial charge in [0.1, 0.15) is 5.82 Å². The van der Waals surface area contributed by atoms with Crippen molar-refractivity contribution in [2.45, 2.75) is 0 Å². The standard InChI is InChI=1S/C12H16FIN2O2/c1-18-7-6-15-4-5-16-12(17)10-8-9(13)2-3-11(10)14/h2-3,8,15H,4-7H2,1H3,(H,16,17). The fraction of sp³-hybridized carbons (Fsp3) is 0.417. The second-order valence-electron chi connectivity index (χ2n) is 3.62. The van der Waals surface area contributed by atoms with Crippen molar-refractivity contribution in [3.63, 3.8) is 0 Å². The molecule has 0 bridgehead atoms. The van der Waals surface area contributed by atoms with Gasteiger partial charge in [0.05, 0.1) is 12.2 Å². The van der Waals surface area contributed by atoms with Gasteiger partial charge in [0, 0.05) is 30.3 Å². The third-order valence-corrected chi connectivity index (χ3v) is 3.18. The lowest BCUT2D eigenvalue weighted by molar-refractivity contribution is 0.0952. The largest absolute Gasteiger partial charge is 0.383 e. The van der Waals surface area contributed by atoms with Crippen LogP contribution in [-0.2, 0) is 4.74 Å². The van der Waals surface area contributed by atoms with Crippen LogP contribution in [0.2, 0.25) is 0 Å². The molecular weight excluding hydrogens is 350 g/mol. The summed E-state index contributed by atoms with van der Waals surface area (Å²) in [4.78, 5) is 11.8. The van der Waals surface area contributed by atoms with Gasteiger partial charge in [-0.1, -0.05) is 0 Å². The van der Waals surface area contributed by atoms with Gasteiger partial charge in [-0.05, 0) is 40.8 Å². The van der Waals surface area contributed by atoms with Crippen molar-refractivity contribution in [3.05, 3.63) is 33.1 Å². The van der Waals surface area contributed by atoms with Crippen LogP contribution in [0.15, 0.2) is 18.2 Å². The normalized spacial score (nSPS) is 10.4. The maximum absolute atomic E-state index is 13.0. The minimum atomic E-state index is -0.404. The van der Waals surface area contributed by atoms with E-state index < -0.39 is 5.82 Å². The van der Waals surface area contributed by atoms with Crippen LogP contribution in [-0.4, -0.2) is 39.3 Å². The van der Waals surface area contributed by atoms with Crippen molar-refractivity contribution in [3.8, 4) is 0 Å². The van der Waals surface area contributed by atoms with Gasteiger partial charge in [-0.2, -0.15) is 0 Å². The number of carbonyl (C=O) groups is 1. The third-order valence-electron chi connectivity index (χ3n) is 2.24. The number of amides is 1. The monoisotopic (exact) mass is 366 g/mol. The van der Waals surface area contributed by atoms with Crippen LogP contribution < -0.4 is 10.6 Å². The van der Waals surface area contributed by atoms with Crippen molar-refractivity contribution in [2.75, 3.05) is 33.4 Å². The molecule has 1 aromatic rings. The third kappa shape index (κ3) is 5.28. The van der Waals surface area contributed by atoms with Gasteiger partial charge in [-0.15, -0.1) is 0 Å². The van der Waals surface area contributed by atoms with Crippen LogP contribution in [0.5, 0.6) is 0 Å². The molecule has 0 atom stereocenters. The number of methoxy groups -OCH3 is 1. The molecule has 1 aromatic carbocycles. The predicted octanol–water partition coefficient (Wildman–Crippen LogP) is 1.40. The van der Waals surface area contributed by atoms with Crippen LogP contribution >= 0.6 is 22.6 Å². The van der Waals surface area contributed by atoms with Gasteiger partial charge in [0.25, 0.3) is 5.91 Å². The molecular formula is C12H16FIN2O2. The average molecular weight is 366 g/mol. The first-order chi connectivity index (χ1) is 8.65. The first kappa shape index (κ1) is 15.3. The Labute approximate surface area is 119 Å². The zero-order chi connectivity index (χ0) is 13.4. The van der Waals surface area contributed by atoms with E-state index >= 15 is 0 Å². The van der Waals surface area contributed by atoms with Crippen LogP contribution in [0.1, 0.15) is 10.4 Å². The second-order valence-corrected chi connectivity index (χ2v) is 4.79. The van der Waals surface area contributed by atoms with E-state index in [1.54, 1.807) is 13.2 Å². The predicted molar refractivity (Wildman–Crippen MR) is 76.2 cm³/mol. The molecule has 6 heteroatoms. The maximum atomic E-state index is 13.0. The lowest BCUT2D eigenvalue weighted by atomic mass is 10.2. The van der Waals surface area contributed by atoms with Crippen LogP contribution in [0.25, 0.3) is 0 Å². The van der Waals surface area contributed by atoms with Crippen molar-refractivity contribution in [2.24, 2.45) is 0 Å². The van der Waals surface area contributed by atoms with E-state index in [0.717, 1.165) is 10.1 Å². The van der Waals surface area contributed by atoms with Gasteiger partial charge in [0.15, 0.2) is 0 Å². The SMILES string of the molecule is COCCNCCNC(=O)c1cc(F)ccc1I. The molecule has 1 rings (SSSR count). The summed E-state index contributed by atoms with van der Waals surface area (Å²) < 4.78 is 18.6. The van der Waals surface area contributed by atoms with Gasteiger partial charge >= 0.3 is 0 Å². The lowest BCUT2D eigenvalue weighted by Crippen LogP contribution is -2.33. The number of nitrogens with one attached hydrogen (secondary N) is 2. The second kappa shape index (κ2) is 8.39. The summed E-state index contributed by atoms with van der Waals surface area (Å²) in [6.45, 7) is 2.52. The number of ether oxygens (including phenoxy) is 1. The number of hydrogen-bond donors (Lipinski definition) is 2. The van der Waals surface area contributed by atoms with Gasteiger partial charge in [0.2, 0.25) is 0 Å². The van der Waals surface area contributed by atoms with Crippen molar-refractivity contribution < 1.29 is 13.9 Å². The Morgan fingerprint density at radius 2 is 2.17 bits per heavy atom. The van der Waals surface area contributed by atoms with E-state index in [1.807, 2.05) is 22.6 Å². The van der Waals surface area contributed by atoms with Crippen LogP contribution in [0.3, 0.4) is 0 Å². The minimum absolute atomic E-state index is 0.257. The van der Waals surface area contributed by atoms with E-state index in [1.165, 1.54) is 12.1 Å². The van der Waals surface area contributed by atoms with E-state index in [4.69, 9.17) is 4.74 Å². The summed E-state index contributed by atoms with van der Waals surface area (Å²) in [5.41, 5.74) is 0.368. The molecule has 100 valence electrons. The maximum Gasteiger partial charge on any atom is 0.252 e. The smallest absolute Gasteiger partial charge is 0.252 e. The molecule has 0 saturated carbocycles. The number of rotatable bonds is 7. The lowest BCUT2D eigenvalue weighted by Gasteiger charge is -2.08. The van der Waals surface area contributed by atoms with E-state index in [2.05, 4.69) is 10.6 Å². The molecule has 0 aromatic heterocycles.